The highest BCUT2D eigenvalue weighted by atomic mass is 16.5. The van der Waals surface area contributed by atoms with Crippen molar-refractivity contribution < 1.29 is 9.47 Å². The second-order valence-corrected chi connectivity index (χ2v) is 16.5. The molecule has 0 aromatic heterocycles. The Morgan fingerprint density at radius 3 is 1.10 bits per heavy atom. The predicted molar refractivity (Wildman–Crippen MR) is 256 cm³/mol. The van der Waals surface area contributed by atoms with Crippen LogP contribution in [0.1, 0.15) is 165 Å². The minimum absolute atomic E-state index is 0.558. The topological polar surface area (TPSA) is 66.0 Å². The Morgan fingerprint density at radius 2 is 0.750 bits per heavy atom. The number of benzene rings is 5. The van der Waals surface area contributed by atoms with Crippen molar-refractivity contribution >= 4 is 44.8 Å². The first-order valence-electron chi connectivity index (χ1n) is 23.3. The Bertz CT molecular complexity index is 2040. The molecule has 314 valence electrons. The van der Waals surface area contributed by atoms with Crippen LogP contribution in [0.25, 0.3) is 44.8 Å². The van der Waals surface area contributed by atoms with Crippen molar-refractivity contribution in [3.05, 3.63) is 119 Å². The number of hydrogen-bond donors (Lipinski definition) is 0. The van der Waals surface area contributed by atoms with Crippen LogP contribution in [0.3, 0.4) is 0 Å². The van der Waals surface area contributed by atoms with Gasteiger partial charge in [0.05, 0.1) is 36.5 Å². The number of nitriles is 2. The number of fused-ring (bicyclic) bond motifs is 2. The molecule has 0 heterocycles. The lowest BCUT2D eigenvalue weighted by Gasteiger charge is -2.16. The molecule has 0 saturated carbocycles. The Labute approximate surface area is 361 Å². The summed E-state index contributed by atoms with van der Waals surface area (Å²) in [7, 11) is 0. The third-order valence-corrected chi connectivity index (χ3v) is 11.6. The summed E-state index contributed by atoms with van der Waals surface area (Å²) in [6.07, 6.45) is 28.9. The van der Waals surface area contributed by atoms with Crippen LogP contribution < -0.4 is 9.47 Å². The van der Waals surface area contributed by atoms with Gasteiger partial charge in [-0.05, 0) is 81.9 Å². The van der Waals surface area contributed by atoms with Crippen LogP contribution in [0.5, 0.6) is 11.5 Å². The highest BCUT2D eigenvalue weighted by molar-refractivity contribution is 5.97. The third-order valence-electron chi connectivity index (χ3n) is 11.6. The van der Waals surface area contributed by atoms with Crippen molar-refractivity contribution in [1.29, 1.82) is 10.5 Å². The molecule has 0 aliphatic rings. The van der Waals surface area contributed by atoms with Gasteiger partial charge in [-0.25, -0.2) is 0 Å². The van der Waals surface area contributed by atoms with Crippen molar-refractivity contribution in [2.45, 2.75) is 142 Å². The lowest BCUT2D eigenvalue weighted by atomic mass is 9.97. The number of rotatable bonds is 28. The smallest absolute Gasteiger partial charge is 0.127 e. The van der Waals surface area contributed by atoms with E-state index in [1.165, 1.54) is 103 Å². The zero-order valence-electron chi connectivity index (χ0n) is 36.7. The fourth-order valence-electron chi connectivity index (χ4n) is 8.00. The summed E-state index contributed by atoms with van der Waals surface area (Å²) < 4.78 is 13.2. The van der Waals surface area contributed by atoms with Gasteiger partial charge in [0.15, 0.2) is 0 Å². The standard InChI is InChI=1S/C56H68N2O2/c1-3-5-7-9-11-13-15-17-19-25-35-59-55-41-52(40-54(44-58)50-34-32-46-28-22-24-30-48(46)38-50)56(60-36-26-20-18-16-14-12-10-8-6-4-2)42-51(55)39-53(43-57)49-33-31-45-27-21-23-29-47(45)37-49/h21-24,27-34,37-42H,3-20,25-26,35-36H2,1-2H3/b53-39-,54-40-. The van der Waals surface area contributed by atoms with Gasteiger partial charge in [0.25, 0.3) is 0 Å². The maximum Gasteiger partial charge on any atom is 0.127 e. The van der Waals surface area contributed by atoms with Gasteiger partial charge in [-0.1, -0.05) is 202 Å². The molecule has 5 aromatic carbocycles. The molecule has 4 heteroatoms. The molecule has 0 radical (unpaired) electrons. The van der Waals surface area contributed by atoms with Crippen LogP contribution in [-0.4, -0.2) is 13.2 Å². The molecule has 4 nitrogen and oxygen atoms in total. The number of hydrogen-bond acceptors (Lipinski definition) is 4. The van der Waals surface area contributed by atoms with Gasteiger partial charge in [0.2, 0.25) is 0 Å². The lowest BCUT2D eigenvalue weighted by Crippen LogP contribution is -2.03. The van der Waals surface area contributed by atoms with E-state index < -0.39 is 0 Å². The molecule has 5 aromatic rings. The van der Waals surface area contributed by atoms with Gasteiger partial charge >= 0.3 is 0 Å². The molecule has 0 aliphatic heterocycles. The van der Waals surface area contributed by atoms with E-state index in [2.05, 4.69) is 74.5 Å². The van der Waals surface area contributed by atoms with E-state index in [-0.39, 0.29) is 0 Å². The predicted octanol–water partition coefficient (Wildman–Crippen LogP) is 16.7. The molecular weight excluding hydrogens is 733 g/mol. The molecule has 0 bridgehead atoms. The maximum atomic E-state index is 10.5. The Balaban J connectivity index is 1.41. The fraction of sp³-hybridized carbons (Fsp3) is 0.429. The summed E-state index contributed by atoms with van der Waals surface area (Å²) in [5.41, 5.74) is 4.43. The zero-order chi connectivity index (χ0) is 42.0. The molecule has 0 atom stereocenters. The first-order chi connectivity index (χ1) is 29.6. The van der Waals surface area contributed by atoms with Gasteiger partial charge in [0.1, 0.15) is 11.5 Å². The highest BCUT2D eigenvalue weighted by Crippen LogP contribution is 2.36. The normalized spacial score (nSPS) is 11.8. The van der Waals surface area contributed by atoms with Gasteiger partial charge in [-0.15, -0.1) is 0 Å². The maximum absolute atomic E-state index is 10.5. The molecule has 0 N–H and O–H groups in total. The molecule has 0 unspecified atom stereocenters. The Morgan fingerprint density at radius 1 is 0.417 bits per heavy atom. The third kappa shape index (κ3) is 15.1. The molecule has 0 spiro atoms. The summed E-state index contributed by atoms with van der Waals surface area (Å²) >= 11 is 0. The first kappa shape index (κ1) is 45.8. The van der Waals surface area contributed by atoms with Crippen molar-refractivity contribution in [1.82, 2.24) is 0 Å². The number of nitrogens with zero attached hydrogens (tertiary/aromatic N) is 2. The van der Waals surface area contributed by atoms with Crippen molar-refractivity contribution in [3.8, 4) is 23.6 Å². The van der Waals surface area contributed by atoms with Crippen LogP contribution in [0.15, 0.2) is 97.1 Å². The minimum Gasteiger partial charge on any atom is -0.493 e. The van der Waals surface area contributed by atoms with E-state index in [0.29, 0.717) is 35.9 Å². The van der Waals surface area contributed by atoms with Gasteiger partial charge in [-0.3, -0.25) is 0 Å². The monoisotopic (exact) mass is 801 g/mol. The van der Waals surface area contributed by atoms with E-state index in [0.717, 1.165) is 69.5 Å². The quantitative estimate of drug-likeness (QED) is 0.0287. The van der Waals surface area contributed by atoms with Crippen LogP contribution in [0, 0.1) is 22.7 Å². The molecule has 0 saturated heterocycles. The molecule has 0 fully saturated rings. The summed E-state index contributed by atoms with van der Waals surface area (Å²) in [4.78, 5) is 0. The Hall–Kier alpha value is -5.32. The number of unbranched alkanes of at least 4 members (excludes halogenated alkanes) is 18. The summed E-state index contributed by atoms with van der Waals surface area (Å²) in [5.74, 6) is 1.38. The van der Waals surface area contributed by atoms with Crippen molar-refractivity contribution in [2.75, 3.05) is 13.2 Å². The van der Waals surface area contributed by atoms with E-state index in [4.69, 9.17) is 9.47 Å². The average Bonchev–Trinajstić information content (AvgIpc) is 3.28. The molecule has 5 rings (SSSR count). The molecule has 0 amide bonds. The minimum atomic E-state index is 0.558. The van der Waals surface area contributed by atoms with E-state index in [1.807, 2.05) is 60.7 Å². The van der Waals surface area contributed by atoms with E-state index >= 15 is 0 Å². The molecule has 60 heavy (non-hydrogen) atoms. The Kier molecular flexibility index (Phi) is 20.4. The lowest BCUT2D eigenvalue weighted by molar-refractivity contribution is 0.295. The second kappa shape index (κ2) is 26.7. The fourth-order valence-corrected chi connectivity index (χ4v) is 8.00. The van der Waals surface area contributed by atoms with E-state index in [1.54, 1.807) is 0 Å². The zero-order valence-corrected chi connectivity index (χ0v) is 36.7. The first-order valence-corrected chi connectivity index (χ1v) is 23.3. The SMILES string of the molecule is CCCCCCCCCCCCOc1cc(/C=C(/C#N)c2ccc3ccccc3c2)c(OCCCCCCCCCCCC)cc1/C=C(/C#N)c1ccc2ccccc2c1. The molecular formula is C56H68N2O2. The number of ether oxygens (including phenoxy) is 2. The van der Waals surface area contributed by atoms with Gasteiger partial charge < -0.3 is 9.47 Å². The van der Waals surface area contributed by atoms with Crippen LogP contribution in [0.4, 0.5) is 0 Å². The number of allylic oxidation sites excluding steroid dienone is 2. The van der Waals surface area contributed by atoms with Gasteiger partial charge in [0, 0.05) is 11.1 Å². The van der Waals surface area contributed by atoms with Gasteiger partial charge in [-0.2, -0.15) is 10.5 Å². The van der Waals surface area contributed by atoms with Crippen molar-refractivity contribution in [3.63, 3.8) is 0 Å². The van der Waals surface area contributed by atoms with Crippen molar-refractivity contribution in [2.24, 2.45) is 0 Å². The summed E-state index contributed by atoms with van der Waals surface area (Å²) in [6.45, 7) is 5.69. The largest absolute Gasteiger partial charge is 0.493 e. The van der Waals surface area contributed by atoms with Crippen LogP contribution in [0.2, 0.25) is 0 Å². The highest BCUT2D eigenvalue weighted by Gasteiger charge is 2.15. The van der Waals surface area contributed by atoms with Crippen LogP contribution in [-0.2, 0) is 0 Å². The summed E-state index contributed by atoms with van der Waals surface area (Å²) in [6, 6.07) is 37.8. The second-order valence-electron chi connectivity index (χ2n) is 16.5. The average molecular weight is 801 g/mol. The summed E-state index contributed by atoms with van der Waals surface area (Å²) in [5, 5.41) is 25.5. The van der Waals surface area contributed by atoms with E-state index in [9.17, 15) is 10.5 Å². The molecule has 0 aliphatic carbocycles. The van der Waals surface area contributed by atoms with Crippen LogP contribution >= 0.6 is 0 Å².